The first-order valence-corrected chi connectivity index (χ1v) is 6.68. The third kappa shape index (κ3) is 2.43. The van der Waals surface area contributed by atoms with E-state index in [2.05, 4.69) is 5.32 Å². The Kier molecular flexibility index (Phi) is 4.03. The Labute approximate surface area is 112 Å². The Bertz CT molecular complexity index is 435. The number of hydrogen-bond acceptors (Lipinski definition) is 2. The first-order chi connectivity index (χ1) is 8.59. The van der Waals surface area contributed by atoms with E-state index in [4.69, 9.17) is 11.6 Å². The molecule has 1 fully saturated rings. The topological polar surface area (TPSA) is 29.1 Å². The number of carbonyl (C=O) groups excluding carboxylic acids is 1. The molecule has 1 N–H and O–H groups in total. The van der Waals surface area contributed by atoms with E-state index in [1.165, 1.54) is 6.07 Å². The van der Waals surface area contributed by atoms with Gasteiger partial charge in [0.05, 0.1) is 5.54 Å². The molecule has 1 aromatic rings. The molecule has 0 spiro atoms. The maximum absolute atomic E-state index is 13.7. The lowest BCUT2D eigenvalue weighted by Crippen LogP contribution is -2.47. The van der Waals surface area contributed by atoms with Crippen LogP contribution < -0.4 is 5.32 Å². The van der Waals surface area contributed by atoms with Gasteiger partial charge in [0.2, 0.25) is 0 Å². The van der Waals surface area contributed by atoms with E-state index in [-0.39, 0.29) is 12.2 Å². The second-order valence-corrected chi connectivity index (χ2v) is 5.17. The molecule has 2 nitrogen and oxygen atoms in total. The van der Waals surface area contributed by atoms with E-state index in [1.54, 1.807) is 12.1 Å². The Morgan fingerprint density at radius 2 is 2.33 bits per heavy atom. The summed E-state index contributed by atoms with van der Waals surface area (Å²) in [5.41, 5.74) is -0.170. The van der Waals surface area contributed by atoms with E-state index < -0.39 is 11.4 Å². The van der Waals surface area contributed by atoms with Gasteiger partial charge in [0, 0.05) is 17.0 Å². The van der Waals surface area contributed by atoms with E-state index >= 15 is 0 Å². The molecule has 1 saturated heterocycles. The minimum Gasteiger partial charge on any atom is -0.305 e. The number of carbonyl (C=O) groups is 1. The standard InChI is InChI=1S/C14H17ClFNO/c1-2-14(7-4-8-17-14)13(18)9-10-11(15)5-3-6-12(10)16/h3,5-6,17H,2,4,7-9H2,1H3. The minimum absolute atomic E-state index is 0.0366. The van der Waals surface area contributed by atoms with Gasteiger partial charge in [-0.3, -0.25) is 4.79 Å². The highest BCUT2D eigenvalue weighted by Crippen LogP contribution is 2.28. The Balaban J connectivity index is 2.21. The Morgan fingerprint density at radius 1 is 1.56 bits per heavy atom. The average Bonchev–Trinajstić information content (AvgIpc) is 2.84. The van der Waals surface area contributed by atoms with Crippen molar-refractivity contribution < 1.29 is 9.18 Å². The van der Waals surface area contributed by atoms with Gasteiger partial charge in [-0.25, -0.2) is 4.39 Å². The highest BCUT2D eigenvalue weighted by atomic mass is 35.5. The molecular formula is C14H17ClFNO. The van der Waals surface area contributed by atoms with E-state index in [0.29, 0.717) is 10.6 Å². The smallest absolute Gasteiger partial charge is 0.157 e. The van der Waals surface area contributed by atoms with Crippen molar-refractivity contribution in [3.05, 3.63) is 34.6 Å². The Morgan fingerprint density at radius 3 is 2.89 bits per heavy atom. The molecule has 1 aromatic carbocycles. The molecule has 1 heterocycles. The van der Waals surface area contributed by atoms with E-state index in [1.807, 2.05) is 6.92 Å². The number of hydrogen-bond donors (Lipinski definition) is 1. The Hall–Kier alpha value is -0.930. The summed E-state index contributed by atoms with van der Waals surface area (Å²) >= 11 is 5.96. The number of Topliss-reactive ketones (excluding diaryl/α,β-unsaturated/α-hetero) is 1. The molecule has 0 aliphatic carbocycles. The fraction of sp³-hybridized carbons (Fsp3) is 0.500. The summed E-state index contributed by atoms with van der Waals surface area (Å²) in [5.74, 6) is -0.366. The molecule has 0 saturated carbocycles. The quantitative estimate of drug-likeness (QED) is 0.910. The average molecular weight is 270 g/mol. The van der Waals surface area contributed by atoms with Crippen molar-refractivity contribution in [2.75, 3.05) is 6.54 Å². The van der Waals surface area contributed by atoms with Gasteiger partial charge in [0.15, 0.2) is 5.78 Å². The summed E-state index contributed by atoms with van der Waals surface area (Å²) in [6.45, 7) is 2.84. The van der Waals surface area contributed by atoms with Crippen LogP contribution in [-0.2, 0) is 11.2 Å². The summed E-state index contributed by atoms with van der Waals surface area (Å²) in [7, 11) is 0. The third-order valence-corrected chi connectivity index (χ3v) is 4.13. The first kappa shape index (κ1) is 13.5. The zero-order valence-corrected chi connectivity index (χ0v) is 11.2. The lowest BCUT2D eigenvalue weighted by atomic mass is 9.86. The second-order valence-electron chi connectivity index (χ2n) is 4.77. The van der Waals surface area contributed by atoms with Crippen LogP contribution in [0.2, 0.25) is 5.02 Å². The maximum Gasteiger partial charge on any atom is 0.157 e. The van der Waals surface area contributed by atoms with Crippen molar-refractivity contribution in [2.45, 2.75) is 38.1 Å². The van der Waals surface area contributed by atoms with Gasteiger partial charge in [-0.05, 0) is 37.9 Å². The van der Waals surface area contributed by atoms with Crippen molar-refractivity contribution >= 4 is 17.4 Å². The molecule has 0 amide bonds. The first-order valence-electron chi connectivity index (χ1n) is 6.30. The van der Waals surface area contributed by atoms with Crippen LogP contribution in [0.4, 0.5) is 4.39 Å². The van der Waals surface area contributed by atoms with E-state index in [9.17, 15) is 9.18 Å². The SMILES string of the molecule is CCC1(C(=O)Cc2c(F)cccc2Cl)CCCN1. The predicted octanol–water partition coefficient (Wildman–Crippen LogP) is 3.12. The van der Waals surface area contributed by atoms with Crippen LogP contribution in [0.25, 0.3) is 0 Å². The number of halogens is 2. The molecule has 0 aromatic heterocycles. The zero-order chi connectivity index (χ0) is 13.2. The van der Waals surface area contributed by atoms with Crippen molar-refractivity contribution in [1.29, 1.82) is 0 Å². The van der Waals surface area contributed by atoms with Gasteiger partial charge in [-0.1, -0.05) is 24.6 Å². The van der Waals surface area contributed by atoms with Crippen LogP contribution >= 0.6 is 11.6 Å². The summed E-state index contributed by atoms with van der Waals surface area (Å²) < 4.78 is 13.7. The van der Waals surface area contributed by atoms with Crippen LogP contribution in [0.3, 0.4) is 0 Å². The lowest BCUT2D eigenvalue weighted by Gasteiger charge is -2.26. The second kappa shape index (κ2) is 5.37. The van der Waals surface area contributed by atoms with Crippen LogP contribution in [0.1, 0.15) is 31.7 Å². The van der Waals surface area contributed by atoms with Crippen LogP contribution in [0, 0.1) is 5.82 Å². The molecule has 0 bridgehead atoms. The van der Waals surface area contributed by atoms with Crippen molar-refractivity contribution in [3.63, 3.8) is 0 Å². The summed E-state index contributed by atoms with van der Waals surface area (Å²) in [6.07, 6.45) is 2.61. The third-order valence-electron chi connectivity index (χ3n) is 3.78. The highest BCUT2D eigenvalue weighted by molar-refractivity contribution is 6.31. The number of benzene rings is 1. The van der Waals surface area contributed by atoms with Gasteiger partial charge in [0.25, 0.3) is 0 Å². The van der Waals surface area contributed by atoms with Gasteiger partial charge < -0.3 is 5.32 Å². The van der Waals surface area contributed by atoms with Crippen LogP contribution in [-0.4, -0.2) is 17.9 Å². The van der Waals surface area contributed by atoms with Gasteiger partial charge >= 0.3 is 0 Å². The zero-order valence-electron chi connectivity index (χ0n) is 10.4. The van der Waals surface area contributed by atoms with E-state index in [0.717, 1.165) is 25.8 Å². The van der Waals surface area contributed by atoms with Crippen molar-refractivity contribution in [2.24, 2.45) is 0 Å². The van der Waals surface area contributed by atoms with Crippen molar-refractivity contribution in [3.8, 4) is 0 Å². The molecule has 1 aliphatic heterocycles. The molecule has 2 rings (SSSR count). The molecule has 1 aliphatic rings. The van der Waals surface area contributed by atoms with Crippen LogP contribution in [0.15, 0.2) is 18.2 Å². The largest absolute Gasteiger partial charge is 0.305 e. The summed E-state index contributed by atoms with van der Waals surface area (Å²) in [6, 6.07) is 4.51. The number of ketones is 1. The summed E-state index contributed by atoms with van der Waals surface area (Å²) in [4.78, 5) is 12.4. The molecule has 0 radical (unpaired) electrons. The molecule has 18 heavy (non-hydrogen) atoms. The normalized spacial score (nSPS) is 23.3. The predicted molar refractivity (Wildman–Crippen MR) is 70.4 cm³/mol. The van der Waals surface area contributed by atoms with Gasteiger partial charge in [-0.2, -0.15) is 0 Å². The number of nitrogens with one attached hydrogen (secondary N) is 1. The summed E-state index contributed by atoms with van der Waals surface area (Å²) in [5, 5.41) is 3.59. The maximum atomic E-state index is 13.7. The highest BCUT2D eigenvalue weighted by Gasteiger charge is 2.38. The fourth-order valence-corrected chi connectivity index (χ4v) is 2.80. The molecule has 4 heteroatoms. The molecular weight excluding hydrogens is 253 g/mol. The van der Waals surface area contributed by atoms with Gasteiger partial charge in [0.1, 0.15) is 5.82 Å². The lowest BCUT2D eigenvalue weighted by molar-refractivity contribution is -0.124. The van der Waals surface area contributed by atoms with Crippen molar-refractivity contribution in [1.82, 2.24) is 5.32 Å². The molecule has 1 atom stereocenters. The molecule has 98 valence electrons. The van der Waals surface area contributed by atoms with Crippen LogP contribution in [0.5, 0.6) is 0 Å². The number of rotatable bonds is 4. The fourth-order valence-electron chi connectivity index (χ4n) is 2.57. The van der Waals surface area contributed by atoms with Gasteiger partial charge in [-0.15, -0.1) is 0 Å². The monoisotopic (exact) mass is 269 g/mol. The minimum atomic E-state index is -0.481. The molecule has 1 unspecified atom stereocenters.